The van der Waals surface area contributed by atoms with Crippen LogP contribution in [0.4, 0.5) is 4.39 Å². The van der Waals surface area contributed by atoms with E-state index in [1.54, 1.807) is 12.3 Å². The van der Waals surface area contributed by atoms with E-state index in [1.165, 1.54) is 4.68 Å². The van der Waals surface area contributed by atoms with Gasteiger partial charge in [0.25, 0.3) is 0 Å². The maximum Gasteiger partial charge on any atom is 0.211 e. The third kappa shape index (κ3) is 0.761. The third-order valence-corrected chi connectivity index (χ3v) is 1.46. The first kappa shape index (κ1) is 5.70. The standard InChI is InChI=1S/C6H7FN2O/c7-5-3-9-6(10-4-5)1-2-8-9/h1-2,5H,3-4H2/t5-/m0/s1. The van der Waals surface area contributed by atoms with Crippen molar-refractivity contribution in [2.75, 3.05) is 6.61 Å². The van der Waals surface area contributed by atoms with Gasteiger partial charge < -0.3 is 4.74 Å². The fourth-order valence-electron chi connectivity index (χ4n) is 0.996. The van der Waals surface area contributed by atoms with Gasteiger partial charge in [-0.3, -0.25) is 0 Å². The van der Waals surface area contributed by atoms with E-state index >= 15 is 0 Å². The van der Waals surface area contributed by atoms with Gasteiger partial charge in [-0.2, -0.15) is 5.10 Å². The Morgan fingerprint density at radius 3 is 3.60 bits per heavy atom. The van der Waals surface area contributed by atoms with Crippen molar-refractivity contribution in [2.24, 2.45) is 0 Å². The molecule has 0 aliphatic carbocycles. The second-order valence-corrected chi connectivity index (χ2v) is 2.26. The Hall–Kier alpha value is -1.06. The molecule has 1 atom stereocenters. The predicted octanol–water partition coefficient (Wildman–Crippen LogP) is 0.614. The SMILES string of the molecule is F[C@@H]1COc2ccnn2C1. The third-order valence-electron chi connectivity index (χ3n) is 1.46. The molecule has 0 saturated heterocycles. The number of alkyl halides is 1. The van der Waals surface area contributed by atoms with E-state index < -0.39 is 6.17 Å². The molecule has 2 heterocycles. The van der Waals surface area contributed by atoms with Crippen molar-refractivity contribution in [1.29, 1.82) is 0 Å². The Morgan fingerprint density at radius 1 is 1.80 bits per heavy atom. The number of hydrogen-bond acceptors (Lipinski definition) is 2. The van der Waals surface area contributed by atoms with Crippen LogP contribution in [0.2, 0.25) is 0 Å². The predicted molar refractivity (Wildman–Crippen MR) is 32.6 cm³/mol. The van der Waals surface area contributed by atoms with Crippen LogP contribution in [0.3, 0.4) is 0 Å². The van der Waals surface area contributed by atoms with Crippen LogP contribution >= 0.6 is 0 Å². The van der Waals surface area contributed by atoms with Crippen molar-refractivity contribution < 1.29 is 9.13 Å². The lowest BCUT2D eigenvalue weighted by molar-refractivity contribution is 0.125. The normalized spacial score (nSPS) is 23.5. The van der Waals surface area contributed by atoms with Crippen LogP contribution in [-0.2, 0) is 6.54 Å². The summed E-state index contributed by atoms with van der Waals surface area (Å²) < 4.78 is 19.1. The molecule has 2 rings (SSSR count). The van der Waals surface area contributed by atoms with E-state index in [4.69, 9.17) is 4.74 Å². The molecule has 0 amide bonds. The van der Waals surface area contributed by atoms with Crippen molar-refractivity contribution in [3.63, 3.8) is 0 Å². The van der Waals surface area contributed by atoms with E-state index in [9.17, 15) is 4.39 Å². The molecular weight excluding hydrogens is 135 g/mol. The van der Waals surface area contributed by atoms with Crippen molar-refractivity contribution >= 4 is 0 Å². The number of hydrogen-bond donors (Lipinski definition) is 0. The maximum atomic E-state index is 12.6. The highest BCUT2D eigenvalue weighted by Crippen LogP contribution is 2.16. The van der Waals surface area contributed by atoms with Crippen molar-refractivity contribution in [1.82, 2.24) is 9.78 Å². The Labute approximate surface area is 57.4 Å². The van der Waals surface area contributed by atoms with Crippen LogP contribution in [0.1, 0.15) is 0 Å². The summed E-state index contributed by atoms with van der Waals surface area (Å²) >= 11 is 0. The minimum Gasteiger partial charge on any atom is -0.475 e. The van der Waals surface area contributed by atoms with E-state index in [1.807, 2.05) is 0 Å². The van der Waals surface area contributed by atoms with Gasteiger partial charge in [0.1, 0.15) is 6.61 Å². The summed E-state index contributed by atoms with van der Waals surface area (Å²) in [5.41, 5.74) is 0. The van der Waals surface area contributed by atoms with Gasteiger partial charge in [-0.1, -0.05) is 0 Å². The Morgan fingerprint density at radius 2 is 2.70 bits per heavy atom. The average molecular weight is 142 g/mol. The fraction of sp³-hybridized carbons (Fsp3) is 0.500. The van der Waals surface area contributed by atoms with Crippen LogP contribution in [0.15, 0.2) is 12.3 Å². The number of rotatable bonds is 0. The summed E-state index contributed by atoms with van der Waals surface area (Å²) in [4.78, 5) is 0. The topological polar surface area (TPSA) is 27.1 Å². The molecule has 0 aromatic carbocycles. The first-order valence-electron chi connectivity index (χ1n) is 3.15. The molecule has 0 fully saturated rings. The Bertz CT molecular complexity index is 235. The number of halogens is 1. The molecule has 54 valence electrons. The van der Waals surface area contributed by atoms with Gasteiger partial charge in [0.2, 0.25) is 5.88 Å². The molecule has 0 bridgehead atoms. The minimum absolute atomic E-state index is 0.158. The van der Waals surface area contributed by atoms with Gasteiger partial charge in [0.15, 0.2) is 6.17 Å². The van der Waals surface area contributed by atoms with Crippen molar-refractivity contribution in [3.05, 3.63) is 12.3 Å². The largest absolute Gasteiger partial charge is 0.475 e. The van der Waals surface area contributed by atoms with E-state index in [0.717, 1.165) is 0 Å². The highest BCUT2D eigenvalue weighted by Gasteiger charge is 2.17. The van der Waals surface area contributed by atoms with Crippen LogP contribution in [0.5, 0.6) is 5.88 Å². The molecule has 1 aliphatic rings. The lowest BCUT2D eigenvalue weighted by Crippen LogP contribution is -2.26. The monoisotopic (exact) mass is 142 g/mol. The summed E-state index contributed by atoms with van der Waals surface area (Å²) in [6.07, 6.45) is 0.695. The fourth-order valence-corrected chi connectivity index (χ4v) is 0.996. The first-order valence-corrected chi connectivity index (χ1v) is 3.15. The second-order valence-electron chi connectivity index (χ2n) is 2.26. The van der Waals surface area contributed by atoms with Gasteiger partial charge in [0.05, 0.1) is 12.7 Å². The Kier molecular flexibility index (Phi) is 1.12. The van der Waals surface area contributed by atoms with Gasteiger partial charge in [-0.05, 0) is 0 Å². The highest BCUT2D eigenvalue weighted by atomic mass is 19.1. The summed E-state index contributed by atoms with van der Waals surface area (Å²) in [6, 6.07) is 1.73. The number of aromatic nitrogens is 2. The summed E-state index contributed by atoms with van der Waals surface area (Å²) in [6.45, 7) is 0.480. The first-order chi connectivity index (χ1) is 4.86. The molecule has 10 heavy (non-hydrogen) atoms. The lowest BCUT2D eigenvalue weighted by atomic mass is 10.4. The minimum atomic E-state index is -0.910. The zero-order valence-corrected chi connectivity index (χ0v) is 5.33. The van der Waals surface area contributed by atoms with Crippen LogP contribution in [0, 0.1) is 0 Å². The van der Waals surface area contributed by atoms with Crippen LogP contribution < -0.4 is 4.74 Å². The molecule has 1 aromatic heterocycles. The molecular formula is C6H7FN2O. The van der Waals surface area contributed by atoms with Gasteiger partial charge in [0, 0.05) is 6.07 Å². The smallest absolute Gasteiger partial charge is 0.211 e. The van der Waals surface area contributed by atoms with Crippen molar-refractivity contribution in [2.45, 2.75) is 12.7 Å². The summed E-state index contributed by atoms with van der Waals surface area (Å²) in [7, 11) is 0. The average Bonchev–Trinajstić information content (AvgIpc) is 2.33. The van der Waals surface area contributed by atoms with Gasteiger partial charge >= 0.3 is 0 Å². The second kappa shape index (κ2) is 1.97. The van der Waals surface area contributed by atoms with Crippen LogP contribution in [0.25, 0.3) is 0 Å². The lowest BCUT2D eigenvalue weighted by Gasteiger charge is -2.17. The maximum absolute atomic E-state index is 12.6. The molecule has 0 saturated carbocycles. The number of nitrogens with zero attached hydrogens (tertiary/aromatic N) is 2. The summed E-state index contributed by atoms with van der Waals surface area (Å²) in [5, 5.41) is 3.86. The van der Waals surface area contributed by atoms with Crippen LogP contribution in [-0.4, -0.2) is 22.6 Å². The van der Waals surface area contributed by atoms with E-state index in [2.05, 4.69) is 5.10 Å². The number of ether oxygens (including phenoxy) is 1. The zero-order valence-electron chi connectivity index (χ0n) is 5.33. The summed E-state index contributed by atoms with van der Waals surface area (Å²) in [5.74, 6) is 0.661. The Balaban J connectivity index is 2.30. The molecule has 1 aromatic rings. The van der Waals surface area contributed by atoms with E-state index in [0.29, 0.717) is 12.4 Å². The quantitative estimate of drug-likeness (QED) is 0.530. The molecule has 0 spiro atoms. The van der Waals surface area contributed by atoms with Gasteiger partial charge in [-0.15, -0.1) is 0 Å². The number of fused-ring (bicyclic) bond motifs is 1. The molecule has 0 N–H and O–H groups in total. The molecule has 0 unspecified atom stereocenters. The zero-order chi connectivity index (χ0) is 6.97. The molecule has 1 aliphatic heterocycles. The molecule has 3 nitrogen and oxygen atoms in total. The molecule has 4 heteroatoms. The highest BCUT2D eigenvalue weighted by molar-refractivity contribution is 5.09. The molecule has 0 radical (unpaired) electrons. The van der Waals surface area contributed by atoms with Crippen molar-refractivity contribution in [3.8, 4) is 5.88 Å². The van der Waals surface area contributed by atoms with E-state index in [-0.39, 0.29) is 6.61 Å². The van der Waals surface area contributed by atoms with Gasteiger partial charge in [-0.25, -0.2) is 9.07 Å².